The molecule has 0 aromatic carbocycles. The van der Waals surface area contributed by atoms with Crippen LogP contribution in [0, 0.1) is 0 Å². The van der Waals surface area contributed by atoms with Crippen LogP contribution in [0.5, 0.6) is 0 Å². The predicted molar refractivity (Wildman–Crippen MR) is 85.1 cm³/mol. The summed E-state index contributed by atoms with van der Waals surface area (Å²) >= 11 is 0. The van der Waals surface area contributed by atoms with E-state index in [1.807, 2.05) is 0 Å². The molecule has 3 aliphatic heterocycles. The molecule has 1 atom stereocenters. The van der Waals surface area contributed by atoms with Gasteiger partial charge in [0.25, 0.3) is 0 Å². The quantitative estimate of drug-likeness (QED) is 0.602. The van der Waals surface area contributed by atoms with Crippen LogP contribution >= 0.6 is 0 Å². The smallest absolute Gasteiger partial charge is 0.339 e. The van der Waals surface area contributed by atoms with Crippen molar-refractivity contribution in [1.82, 2.24) is 19.6 Å². The monoisotopic (exact) mass is 390 g/mol. The molecule has 0 aromatic heterocycles. The molecule has 3 saturated heterocycles. The van der Waals surface area contributed by atoms with E-state index >= 15 is 0 Å². The molecule has 27 heavy (non-hydrogen) atoms. The Bertz CT molecular complexity index is 630. The highest BCUT2D eigenvalue weighted by molar-refractivity contribution is 6.04. The van der Waals surface area contributed by atoms with Gasteiger partial charge in [0.2, 0.25) is 23.6 Å². The van der Waals surface area contributed by atoms with Gasteiger partial charge in [0.05, 0.1) is 6.04 Å². The highest BCUT2D eigenvalue weighted by Crippen LogP contribution is 2.24. The van der Waals surface area contributed by atoms with Gasteiger partial charge < -0.3 is 9.80 Å². The molecule has 8 nitrogen and oxygen atoms in total. The van der Waals surface area contributed by atoms with Crippen molar-refractivity contribution in [3.8, 4) is 0 Å². The lowest BCUT2D eigenvalue weighted by molar-refractivity contribution is -0.159. The molecule has 0 N–H and O–H groups in total. The van der Waals surface area contributed by atoms with E-state index in [1.54, 1.807) is 4.90 Å². The first-order valence-electron chi connectivity index (χ1n) is 8.86. The van der Waals surface area contributed by atoms with Crippen LogP contribution < -0.4 is 0 Å². The number of carbonyl (C=O) groups is 4. The maximum absolute atomic E-state index is 12.5. The van der Waals surface area contributed by atoms with Gasteiger partial charge in [-0.3, -0.25) is 29.0 Å². The van der Waals surface area contributed by atoms with Gasteiger partial charge in [0.1, 0.15) is 13.1 Å². The zero-order chi connectivity index (χ0) is 19.8. The van der Waals surface area contributed by atoms with Crippen molar-refractivity contribution in [3.05, 3.63) is 0 Å². The third-order valence-electron chi connectivity index (χ3n) is 5.20. The Morgan fingerprint density at radius 3 is 2.11 bits per heavy atom. The van der Waals surface area contributed by atoms with Gasteiger partial charge >= 0.3 is 6.18 Å². The zero-order valence-electron chi connectivity index (χ0n) is 14.7. The van der Waals surface area contributed by atoms with Crippen molar-refractivity contribution in [3.63, 3.8) is 0 Å². The standard InChI is InChI=1S/C16H21F3N4O4/c17-16(18,19)10-22-4-3-11(15(22)27)20-5-7-21(8-6-20)14(26)9-23-12(24)1-2-13(23)25/h11H,1-10H2. The Morgan fingerprint density at radius 1 is 0.963 bits per heavy atom. The van der Waals surface area contributed by atoms with Gasteiger partial charge in [0, 0.05) is 45.6 Å². The molecule has 150 valence electrons. The summed E-state index contributed by atoms with van der Waals surface area (Å²) in [4.78, 5) is 52.8. The first-order chi connectivity index (χ1) is 12.7. The fraction of sp³-hybridized carbons (Fsp3) is 0.750. The maximum atomic E-state index is 12.5. The lowest BCUT2D eigenvalue weighted by Gasteiger charge is -2.37. The van der Waals surface area contributed by atoms with E-state index < -0.39 is 24.7 Å². The van der Waals surface area contributed by atoms with Crippen molar-refractivity contribution < 1.29 is 32.3 Å². The third-order valence-corrected chi connectivity index (χ3v) is 5.20. The van der Waals surface area contributed by atoms with Crippen LogP contribution in [0.1, 0.15) is 19.3 Å². The van der Waals surface area contributed by atoms with Crippen molar-refractivity contribution in [2.45, 2.75) is 31.5 Å². The predicted octanol–water partition coefficient (Wildman–Crippen LogP) is -0.557. The molecule has 0 spiro atoms. The number of likely N-dealkylation sites (tertiary alicyclic amines) is 2. The minimum Gasteiger partial charge on any atom is -0.339 e. The number of imide groups is 1. The summed E-state index contributed by atoms with van der Waals surface area (Å²) in [5, 5.41) is 0. The molecular weight excluding hydrogens is 369 g/mol. The maximum Gasteiger partial charge on any atom is 0.406 e. The summed E-state index contributed by atoms with van der Waals surface area (Å²) < 4.78 is 37.5. The minimum atomic E-state index is -4.42. The van der Waals surface area contributed by atoms with Crippen molar-refractivity contribution >= 4 is 23.6 Å². The number of hydrogen-bond acceptors (Lipinski definition) is 5. The number of halogens is 3. The van der Waals surface area contributed by atoms with E-state index in [2.05, 4.69) is 0 Å². The molecule has 11 heteroatoms. The highest BCUT2D eigenvalue weighted by atomic mass is 19.4. The lowest BCUT2D eigenvalue weighted by atomic mass is 10.2. The summed E-state index contributed by atoms with van der Waals surface area (Å²) in [5.41, 5.74) is 0. The number of piperazine rings is 1. The van der Waals surface area contributed by atoms with Crippen LogP contribution in [0.2, 0.25) is 0 Å². The average molecular weight is 390 g/mol. The fourth-order valence-corrected chi connectivity index (χ4v) is 3.75. The van der Waals surface area contributed by atoms with Gasteiger partial charge in [0.15, 0.2) is 0 Å². The number of carbonyl (C=O) groups excluding carboxylic acids is 4. The van der Waals surface area contributed by atoms with E-state index in [9.17, 15) is 32.3 Å². The Kier molecular flexibility index (Phi) is 5.41. The largest absolute Gasteiger partial charge is 0.406 e. The summed E-state index contributed by atoms with van der Waals surface area (Å²) in [6.07, 6.45) is -3.84. The van der Waals surface area contributed by atoms with Crippen molar-refractivity contribution in [1.29, 1.82) is 0 Å². The number of hydrogen-bond donors (Lipinski definition) is 0. The van der Waals surface area contributed by atoms with Crippen LogP contribution in [0.25, 0.3) is 0 Å². The summed E-state index contributed by atoms with van der Waals surface area (Å²) in [6.45, 7) is -0.108. The van der Waals surface area contributed by atoms with Crippen LogP contribution in [0.3, 0.4) is 0 Å². The summed E-state index contributed by atoms with van der Waals surface area (Å²) in [7, 11) is 0. The van der Waals surface area contributed by atoms with Gasteiger partial charge in [-0.1, -0.05) is 0 Å². The van der Waals surface area contributed by atoms with E-state index in [1.165, 1.54) is 4.90 Å². The van der Waals surface area contributed by atoms with Crippen LogP contribution in [0.4, 0.5) is 13.2 Å². The molecule has 4 amide bonds. The molecule has 0 radical (unpaired) electrons. The van der Waals surface area contributed by atoms with Gasteiger partial charge in [-0.15, -0.1) is 0 Å². The highest BCUT2D eigenvalue weighted by Gasteiger charge is 2.42. The van der Waals surface area contributed by atoms with Gasteiger partial charge in [-0.2, -0.15) is 13.2 Å². The van der Waals surface area contributed by atoms with Crippen molar-refractivity contribution in [2.24, 2.45) is 0 Å². The number of nitrogens with zero attached hydrogens (tertiary/aromatic N) is 4. The molecule has 0 bridgehead atoms. The number of alkyl halides is 3. The third kappa shape index (κ3) is 4.40. The molecule has 3 rings (SSSR count). The Labute approximate surface area is 153 Å². The number of amides is 4. The zero-order valence-corrected chi connectivity index (χ0v) is 14.7. The molecule has 3 fully saturated rings. The minimum absolute atomic E-state index is 0.0708. The second kappa shape index (κ2) is 7.45. The second-order valence-electron chi connectivity index (χ2n) is 6.97. The van der Waals surface area contributed by atoms with Crippen molar-refractivity contribution in [2.75, 3.05) is 45.8 Å². The molecule has 1 unspecified atom stereocenters. The van der Waals surface area contributed by atoms with E-state index in [0.29, 0.717) is 32.6 Å². The van der Waals surface area contributed by atoms with Gasteiger partial charge in [-0.05, 0) is 6.42 Å². The summed E-state index contributed by atoms with van der Waals surface area (Å²) in [6, 6.07) is -0.591. The lowest BCUT2D eigenvalue weighted by Crippen LogP contribution is -2.55. The van der Waals surface area contributed by atoms with Gasteiger partial charge in [-0.25, -0.2) is 0 Å². The first kappa shape index (κ1) is 19.6. The number of rotatable bonds is 4. The topological polar surface area (TPSA) is 81.2 Å². The normalized spacial score (nSPS) is 25.1. The SMILES string of the molecule is O=C(CN1C(=O)CCC1=O)N1CCN(C2CCN(CC(F)(F)F)C2=O)CC1. The summed E-state index contributed by atoms with van der Waals surface area (Å²) in [5.74, 6) is -1.57. The van der Waals surface area contributed by atoms with Crippen LogP contribution in [-0.4, -0.2) is 101 Å². The Hall–Kier alpha value is -2.17. The molecule has 0 aromatic rings. The first-order valence-corrected chi connectivity index (χ1v) is 8.86. The fourth-order valence-electron chi connectivity index (χ4n) is 3.75. The van der Waals surface area contributed by atoms with E-state index in [4.69, 9.17) is 0 Å². The molecule has 3 aliphatic rings. The molecule has 0 aliphatic carbocycles. The van der Waals surface area contributed by atoms with E-state index in [0.717, 1.165) is 9.80 Å². The second-order valence-corrected chi connectivity index (χ2v) is 6.97. The van der Waals surface area contributed by atoms with Crippen LogP contribution in [-0.2, 0) is 19.2 Å². The molecular formula is C16H21F3N4O4. The average Bonchev–Trinajstić information content (AvgIpc) is 3.11. The van der Waals surface area contributed by atoms with Crippen LogP contribution in [0.15, 0.2) is 0 Å². The Balaban J connectivity index is 1.49. The Morgan fingerprint density at radius 2 is 1.56 bits per heavy atom. The molecule has 3 heterocycles. The van der Waals surface area contributed by atoms with E-state index in [-0.39, 0.29) is 43.7 Å². The molecule has 0 saturated carbocycles.